The molecular formula is C64H39N3O2. The third-order valence-electron chi connectivity index (χ3n) is 13.4. The maximum Gasteiger partial charge on any atom is 0.164 e. The third kappa shape index (κ3) is 6.77. The molecule has 0 amide bonds. The molecule has 0 spiro atoms. The first-order valence-corrected chi connectivity index (χ1v) is 23.1. The van der Waals surface area contributed by atoms with Crippen molar-refractivity contribution in [2.75, 3.05) is 0 Å². The third-order valence-corrected chi connectivity index (χ3v) is 13.4. The molecule has 0 N–H and O–H groups in total. The van der Waals surface area contributed by atoms with Crippen LogP contribution in [0, 0.1) is 12.1 Å². The van der Waals surface area contributed by atoms with E-state index in [9.17, 15) is 0 Å². The summed E-state index contributed by atoms with van der Waals surface area (Å²) in [5.74, 6) is 1.68. The van der Waals surface area contributed by atoms with Gasteiger partial charge in [0.2, 0.25) is 0 Å². The Balaban J connectivity index is 0.887. The van der Waals surface area contributed by atoms with E-state index in [1.807, 2.05) is 54.6 Å². The number of nitrogens with zero attached hydrogens (tertiary/aromatic N) is 3. The average Bonchev–Trinajstić information content (AvgIpc) is 4.01. The quantitative estimate of drug-likeness (QED) is 0.135. The predicted molar refractivity (Wildman–Crippen MR) is 278 cm³/mol. The summed E-state index contributed by atoms with van der Waals surface area (Å²) in [5, 5.41) is 4.11. The number of furan rings is 2. The molecule has 0 saturated heterocycles. The minimum absolute atomic E-state index is 0.519. The molecule has 0 bridgehead atoms. The van der Waals surface area contributed by atoms with Gasteiger partial charge in [-0.25, -0.2) is 15.0 Å². The number of hydrogen-bond acceptors (Lipinski definition) is 5. The van der Waals surface area contributed by atoms with Gasteiger partial charge in [0.05, 0.1) is 5.41 Å². The Morgan fingerprint density at radius 2 is 0.812 bits per heavy atom. The van der Waals surface area contributed by atoms with Gasteiger partial charge in [-0.05, 0) is 93.0 Å². The second-order valence-corrected chi connectivity index (χ2v) is 17.3. The molecule has 0 unspecified atom stereocenters. The lowest BCUT2D eigenvalue weighted by Crippen LogP contribution is -2.30. The molecule has 69 heavy (non-hydrogen) atoms. The van der Waals surface area contributed by atoms with Crippen molar-refractivity contribution in [2.24, 2.45) is 0 Å². The summed E-state index contributed by atoms with van der Waals surface area (Å²) in [4.78, 5) is 15.2. The van der Waals surface area contributed by atoms with Crippen LogP contribution in [0.1, 0.15) is 22.3 Å². The first kappa shape index (κ1) is 39.9. The summed E-state index contributed by atoms with van der Waals surface area (Å²) < 4.78 is 12.8. The molecule has 5 heteroatoms. The lowest BCUT2D eigenvalue weighted by atomic mass is 9.65. The van der Waals surface area contributed by atoms with Crippen molar-refractivity contribution in [3.05, 3.63) is 271 Å². The Kier molecular flexibility index (Phi) is 9.55. The van der Waals surface area contributed by atoms with Crippen LogP contribution in [0.3, 0.4) is 0 Å². The van der Waals surface area contributed by atoms with E-state index in [0.717, 1.165) is 82.8 Å². The van der Waals surface area contributed by atoms with Crippen molar-refractivity contribution in [1.82, 2.24) is 15.0 Å². The predicted octanol–water partition coefficient (Wildman–Crippen LogP) is 16.0. The van der Waals surface area contributed by atoms with E-state index in [0.29, 0.717) is 17.5 Å². The van der Waals surface area contributed by atoms with Crippen LogP contribution < -0.4 is 0 Å². The summed E-state index contributed by atoms with van der Waals surface area (Å²) in [6.07, 6.45) is 0. The zero-order valence-corrected chi connectivity index (χ0v) is 37.2. The molecule has 0 saturated carbocycles. The van der Waals surface area contributed by atoms with Crippen LogP contribution in [0.25, 0.3) is 100 Å². The van der Waals surface area contributed by atoms with E-state index in [1.54, 1.807) is 0 Å². The summed E-state index contributed by atoms with van der Waals surface area (Å²) in [6, 6.07) is 88.6. The fourth-order valence-electron chi connectivity index (χ4n) is 10.2. The van der Waals surface area contributed by atoms with Gasteiger partial charge in [0.15, 0.2) is 17.5 Å². The van der Waals surface area contributed by atoms with Gasteiger partial charge in [-0.1, -0.05) is 200 Å². The fraction of sp³-hybridized carbons (Fsp3) is 0.0156. The molecule has 3 heterocycles. The Bertz CT molecular complexity index is 3880. The SMILES string of the molecule is c1ccc(-c2nc(-c3ccc(-c4cccc5oc6ccc(-c7ccc(C(c8ccccc8)(c8ccccc8)c8ccccc8)cc7)cc6c45)cc3)nc(-c3cccc4oc5ccccc5c34)n2)cc#1. The van der Waals surface area contributed by atoms with Gasteiger partial charge >= 0.3 is 0 Å². The Labute approximate surface area is 398 Å². The molecule has 13 aromatic rings. The highest BCUT2D eigenvalue weighted by Crippen LogP contribution is 2.46. The summed E-state index contributed by atoms with van der Waals surface area (Å²) >= 11 is 0. The molecule has 0 fully saturated rings. The number of hydrogen-bond donors (Lipinski definition) is 0. The smallest absolute Gasteiger partial charge is 0.164 e. The molecule has 13 rings (SSSR count). The van der Waals surface area contributed by atoms with E-state index in [4.69, 9.17) is 23.8 Å². The van der Waals surface area contributed by atoms with Crippen molar-refractivity contribution < 1.29 is 8.83 Å². The monoisotopic (exact) mass is 881 g/mol. The molecule has 0 aliphatic carbocycles. The summed E-state index contributed by atoms with van der Waals surface area (Å²) in [5.41, 5.74) is 14.5. The minimum Gasteiger partial charge on any atom is -0.456 e. The van der Waals surface area contributed by atoms with Crippen molar-refractivity contribution >= 4 is 43.9 Å². The number of fused-ring (bicyclic) bond motifs is 6. The molecule has 0 aliphatic rings. The van der Waals surface area contributed by atoms with Gasteiger partial charge in [0.1, 0.15) is 22.3 Å². The van der Waals surface area contributed by atoms with E-state index >= 15 is 0 Å². The molecule has 10 aromatic carbocycles. The lowest BCUT2D eigenvalue weighted by Gasteiger charge is -2.37. The zero-order valence-electron chi connectivity index (χ0n) is 37.2. The molecule has 0 aliphatic heterocycles. The van der Waals surface area contributed by atoms with Crippen LogP contribution >= 0.6 is 0 Å². The molecule has 322 valence electrons. The summed E-state index contributed by atoms with van der Waals surface area (Å²) in [7, 11) is 0. The van der Waals surface area contributed by atoms with E-state index in [1.165, 1.54) is 22.3 Å². The van der Waals surface area contributed by atoms with Crippen LogP contribution in [-0.2, 0) is 5.41 Å². The molecule has 0 atom stereocenters. The van der Waals surface area contributed by atoms with Gasteiger partial charge < -0.3 is 8.83 Å². The molecule has 5 nitrogen and oxygen atoms in total. The van der Waals surface area contributed by atoms with Crippen molar-refractivity contribution in [1.29, 1.82) is 0 Å². The van der Waals surface area contributed by atoms with Gasteiger partial charge in [0, 0.05) is 38.2 Å². The van der Waals surface area contributed by atoms with Gasteiger partial charge in [-0.2, -0.15) is 0 Å². The maximum absolute atomic E-state index is 6.53. The minimum atomic E-state index is -0.519. The van der Waals surface area contributed by atoms with E-state index in [2.05, 4.69) is 194 Å². The average molecular weight is 882 g/mol. The first-order chi connectivity index (χ1) is 34.2. The normalized spacial score (nSPS) is 11.7. The Morgan fingerprint density at radius 1 is 0.319 bits per heavy atom. The number of para-hydroxylation sites is 1. The maximum atomic E-state index is 6.53. The van der Waals surface area contributed by atoms with Crippen LogP contribution in [0.15, 0.2) is 245 Å². The van der Waals surface area contributed by atoms with Crippen LogP contribution in [0.4, 0.5) is 0 Å². The second-order valence-electron chi connectivity index (χ2n) is 17.3. The van der Waals surface area contributed by atoms with Crippen molar-refractivity contribution in [3.8, 4) is 56.4 Å². The zero-order chi connectivity index (χ0) is 45.7. The summed E-state index contributed by atoms with van der Waals surface area (Å²) in [6.45, 7) is 0. The van der Waals surface area contributed by atoms with Gasteiger partial charge in [0.25, 0.3) is 0 Å². The molecular weight excluding hydrogens is 843 g/mol. The van der Waals surface area contributed by atoms with Crippen molar-refractivity contribution in [2.45, 2.75) is 5.41 Å². The molecule has 0 radical (unpaired) electrons. The topological polar surface area (TPSA) is 65.0 Å². The van der Waals surface area contributed by atoms with Crippen molar-refractivity contribution in [3.63, 3.8) is 0 Å². The highest BCUT2D eigenvalue weighted by Gasteiger charge is 2.38. The van der Waals surface area contributed by atoms with Crippen LogP contribution in [-0.4, -0.2) is 15.0 Å². The Morgan fingerprint density at radius 3 is 1.45 bits per heavy atom. The van der Waals surface area contributed by atoms with Gasteiger partial charge in [-0.3, -0.25) is 0 Å². The van der Waals surface area contributed by atoms with E-state index in [-0.39, 0.29) is 0 Å². The van der Waals surface area contributed by atoms with Gasteiger partial charge in [-0.15, -0.1) is 0 Å². The lowest BCUT2D eigenvalue weighted by molar-refractivity contribution is 0.668. The molecule has 3 aromatic heterocycles. The van der Waals surface area contributed by atoms with Crippen LogP contribution in [0.5, 0.6) is 0 Å². The standard InChI is InChI=1S/C64H39N3O2/c1-5-17-44(18-6-1)61-65-62(67-63(66-61)53-27-16-30-58-60(53)52-25-13-14-28-55(52)68-58)45-33-31-43(32-34-45)51-26-15-29-57-59(51)54-41-46(37-40-56(54)69-57)42-35-38-50(39-36-42)64(47-19-7-2-8-20-47,48-21-9-3-10-22-48)49-23-11-4-12-24-49/h2-5,7-41H. The number of aromatic nitrogens is 3. The number of benzene rings is 9. The highest BCUT2D eigenvalue weighted by atomic mass is 16.3. The highest BCUT2D eigenvalue weighted by molar-refractivity contribution is 6.14. The number of rotatable bonds is 9. The fourth-order valence-corrected chi connectivity index (χ4v) is 10.2. The first-order valence-electron chi connectivity index (χ1n) is 23.1. The van der Waals surface area contributed by atoms with E-state index < -0.39 is 5.41 Å². The second kappa shape index (κ2) is 16.5. The van der Waals surface area contributed by atoms with Crippen LogP contribution in [0.2, 0.25) is 0 Å². The Hall–Kier alpha value is -9.37. The largest absolute Gasteiger partial charge is 0.456 e.